The molecule has 0 aromatic rings. The van der Waals surface area contributed by atoms with E-state index in [0.717, 1.165) is 0 Å². The molecule has 0 spiro atoms. The first kappa shape index (κ1) is 16.1. The van der Waals surface area contributed by atoms with Crippen molar-refractivity contribution in [2.45, 2.75) is 0 Å². The second-order valence-electron chi connectivity index (χ2n) is 0.283. The van der Waals surface area contributed by atoms with E-state index >= 15 is 0 Å². The molecule has 0 heterocycles. The van der Waals surface area contributed by atoms with Gasteiger partial charge in [-0.05, 0) is 0 Å². The molecule has 0 aliphatic rings. The Morgan fingerprint density at radius 1 is 1.33 bits per heavy atom. The largest absolute Gasteiger partial charge is 0 e. The van der Waals surface area contributed by atoms with E-state index in [1.807, 2.05) is 0 Å². The zero-order chi connectivity index (χ0) is 3.58. The summed E-state index contributed by atoms with van der Waals surface area (Å²) < 4.78 is 8.74. The third kappa shape index (κ3) is 306. The standard InChI is InChI=1S/Be.H2O3Si.Zn.2H/c;1-4(2)3;;;/h;1-2H;;;. The monoisotopic (exact) mass is 153 g/mol. The molecule has 0 saturated carbocycles. The molecule has 30 valence electrons. The first-order valence-corrected chi connectivity index (χ1v) is 1.95. The molecule has 0 radical (unpaired) electrons. The van der Waals surface area contributed by atoms with Crippen molar-refractivity contribution in [3.8, 4) is 0 Å². The van der Waals surface area contributed by atoms with Crippen LogP contribution in [0, 0.1) is 0 Å². The van der Waals surface area contributed by atoms with Gasteiger partial charge in [0.05, 0.1) is 0 Å². The summed E-state index contributed by atoms with van der Waals surface area (Å²) in [5.74, 6) is 0. The third-order valence-electron chi connectivity index (χ3n) is 0. The van der Waals surface area contributed by atoms with Gasteiger partial charge >= 0.3 is 19.3 Å². The van der Waals surface area contributed by atoms with Gasteiger partial charge in [0.1, 0.15) is 0 Å². The fraction of sp³-hybridized carbons (Fsp3) is 0. The van der Waals surface area contributed by atoms with Crippen LogP contribution in [0.4, 0.5) is 0 Å². The summed E-state index contributed by atoms with van der Waals surface area (Å²) in [6.07, 6.45) is 0. The summed E-state index contributed by atoms with van der Waals surface area (Å²) in [5.41, 5.74) is 0. The van der Waals surface area contributed by atoms with Crippen molar-refractivity contribution in [1.29, 1.82) is 0 Å². The summed E-state index contributed by atoms with van der Waals surface area (Å²) in [6.45, 7) is 0. The first-order valence-electron chi connectivity index (χ1n) is 0.651. The maximum Gasteiger partial charge on any atom is 0 e. The van der Waals surface area contributed by atoms with Gasteiger partial charge in [0, 0.05) is 19.5 Å². The van der Waals surface area contributed by atoms with Crippen LogP contribution < -0.4 is 0 Å². The maximum absolute atomic E-state index is 8.74. The molecule has 0 aromatic heterocycles. The van der Waals surface area contributed by atoms with Gasteiger partial charge in [0.15, 0.2) is 0 Å². The quantitative estimate of drug-likeness (QED) is 0.379. The molecule has 0 saturated heterocycles. The van der Waals surface area contributed by atoms with Gasteiger partial charge in [-0.25, -0.2) is 0 Å². The molecule has 2 N–H and O–H groups in total. The Labute approximate surface area is 53.3 Å². The molecule has 6 heteroatoms. The maximum atomic E-state index is 8.74. The molecule has 0 aliphatic carbocycles. The SMILES string of the molecule is O=[Si](O)O.[BeH2].[Zn]. The van der Waals surface area contributed by atoms with Crippen molar-refractivity contribution < 1.29 is 33.5 Å². The number of rotatable bonds is 0. The molecule has 0 aromatic carbocycles. The van der Waals surface area contributed by atoms with E-state index in [4.69, 9.17) is 14.1 Å². The van der Waals surface area contributed by atoms with Gasteiger partial charge in [-0.1, -0.05) is 0 Å². The van der Waals surface area contributed by atoms with Crippen LogP contribution in [0.1, 0.15) is 0 Å². The molecule has 0 aliphatic heterocycles. The summed E-state index contributed by atoms with van der Waals surface area (Å²) in [4.78, 5) is 14.3. The van der Waals surface area contributed by atoms with E-state index < -0.39 is 9.17 Å². The number of hydrogen-bond donors (Lipinski definition) is 2. The van der Waals surface area contributed by atoms with Crippen molar-refractivity contribution in [3.05, 3.63) is 0 Å². The van der Waals surface area contributed by atoms with Crippen LogP contribution in [0.2, 0.25) is 0 Å². The molecule has 0 bridgehead atoms. The Hall–Kier alpha value is 0.409. The minimum Gasteiger partial charge on any atom is 0 e. The normalized spacial score (nSPS) is 4.00. The summed E-state index contributed by atoms with van der Waals surface area (Å²) >= 11 is 0. The van der Waals surface area contributed by atoms with Crippen LogP contribution in [0.5, 0.6) is 0 Å². The van der Waals surface area contributed by atoms with Crippen LogP contribution in [-0.4, -0.2) is 28.9 Å². The smallest absolute Gasteiger partial charge is 0 e. The van der Waals surface area contributed by atoms with Gasteiger partial charge in [-0.15, -0.1) is 0 Å². The third-order valence-corrected chi connectivity index (χ3v) is 0. The predicted molar refractivity (Wildman–Crippen MR) is 19.4 cm³/mol. The second kappa shape index (κ2) is 9.05. The van der Waals surface area contributed by atoms with Crippen LogP contribution in [0.25, 0.3) is 0 Å². The zero-order valence-corrected chi connectivity index (χ0v) is 6.48. The van der Waals surface area contributed by atoms with E-state index in [1.54, 1.807) is 0 Å². The topological polar surface area (TPSA) is 57.5 Å². The van der Waals surface area contributed by atoms with Crippen LogP contribution in [-0.2, 0) is 23.9 Å². The van der Waals surface area contributed by atoms with Gasteiger partial charge < -0.3 is 9.59 Å². The summed E-state index contributed by atoms with van der Waals surface area (Å²) in [7, 11) is -3.13. The van der Waals surface area contributed by atoms with Crippen molar-refractivity contribution in [1.82, 2.24) is 0 Å². The van der Waals surface area contributed by atoms with E-state index in [-0.39, 0.29) is 29.6 Å². The van der Waals surface area contributed by atoms with Crippen molar-refractivity contribution in [2.24, 2.45) is 0 Å². The van der Waals surface area contributed by atoms with Gasteiger partial charge in [-0.2, -0.15) is 0 Å². The minimum atomic E-state index is -3.13. The average Bonchev–Trinajstić information content (AvgIpc) is 0.811. The molecule has 0 fully saturated rings. The number of hydrogen-bond acceptors (Lipinski definition) is 1. The van der Waals surface area contributed by atoms with Crippen molar-refractivity contribution in [2.75, 3.05) is 0 Å². The molecule has 0 atom stereocenters. The fourth-order valence-electron chi connectivity index (χ4n) is 0. The minimum absolute atomic E-state index is 0. The van der Waals surface area contributed by atoms with Crippen molar-refractivity contribution >= 4 is 19.3 Å². The Morgan fingerprint density at radius 2 is 1.33 bits per heavy atom. The fourth-order valence-corrected chi connectivity index (χ4v) is 0. The van der Waals surface area contributed by atoms with E-state index in [2.05, 4.69) is 0 Å². The molecule has 0 rings (SSSR count). The Morgan fingerprint density at radius 3 is 1.33 bits per heavy atom. The van der Waals surface area contributed by atoms with E-state index in [1.165, 1.54) is 0 Å². The Bertz CT molecular complexity index is 33.8. The summed E-state index contributed by atoms with van der Waals surface area (Å²) in [5, 5.41) is 0. The molecule has 0 unspecified atom stereocenters. The first-order chi connectivity index (χ1) is 1.73. The Balaban J connectivity index is -0.0000000450. The van der Waals surface area contributed by atoms with Gasteiger partial charge in [0.2, 0.25) is 0 Å². The zero-order valence-electron chi connectivity index (χ0n) is 2.51. The van der Waals surface area contributed by atoms with Crippen molar-refractivity contribution in [3.63, 3.8) is 0 Å². The average molecular weight is 155 g/mol. The van der Waals surface area contributed by atoms with Gasteiger partial charge in [0.25, 0.3) is 0 Å². The predicted octanol–water partition coefficient (Wildman–Crippen LogP) is -2.53. The van der Waals surface area contributed by atoms with Crippen LogP contribution >= 0.6 is 0 Å². The molecule has 6 heavy (non-hydrogen) atoms. The van der Waals surface area contributed by atoms with Crippen LogP contribution in [0.15, 0.2) is 0 Å². The molecular weight excluding hydrogens is 150 g/mol. The molecular formula is H4BeO3SiZn. The molecule has 3 nitrogen and oxygen atoms in total. The van der Waals surface area contributed by atoms with E-state index in [9.17, 15) is 0 Å². The second-order valence-corrected chi connectivity index (χ2v) is 0.848. The van der Waals surface area contributed by atoms with E-state index in [0.29, 0.717) is 0 Å². The molecule has 0 amide bonds. The van der Waals surface area contributed by atoms with Crippen LogP contribution in [0.3, 0.4) is 0 Å². The van der Waals surface area contributed by atoms with Gasteiger partial charge in [-0.3, -0.25) is 4.46 Å². The Kier molecular flexibility index (Phi) is 24.3. The summed E-state index contributed by atoms with van der Waals surface area (Å²) in [6, 6.07) is 0.